The van der Waals surface area contributed by atoms with Gasteiger partial charge in [-0.3, -0.25) is 24.6 Å². The number of imide groups is 1. The largest absolute Gasteiger partial charge is 0.495 e. The Hall–Kier alpha value is -4.47. The molecule has 1 aliphatic rings. The van der Waals surface area contributed by atoms with E-state index in [4.69, 9.17) is 4.74 Å². The number of hydrogen-bond acceptors (Lipinski definition) is 6. The zero-order valence-corrected chi connectivity index (χ0v) is 17.8. The lowest BCUT2D eigenvalue weighted by molar-refractivity contribution is -0.384. The van der Waals surface area contributed by atoms with Crippen molar-refractivity contribution >= 4 is 40.0 Å². The van der Waals surface area contributed by atoms with Gasteiger partial charge in [-0.05, 0) is 29.3 Å². The Labute approximate surface area is 188 Å². The summed E-state index contributed by atoms with van der Waals surface area (Å²) in [6, 6.07) is 16.0. The molecule has 0 spiro atoms. The monoisotopic (exact) mass is 448 g/mol. The van der Waals surface area contributed by atoms with E-state index in [1.54, 1.807) is 19.1 Å². The molecule has 3 aromatic rings. The number of carbonyl (C=O) groups is 3. The van der Waals surface area contributed by atoms with E-state index in [0.717, 1.165) is 21.7 Å². The van der Waals surface area contributed by atoms with E-state index in [0.29, 0.717) is 5.56 Å². The maximum absolute atomic E-state index is 13.3. The van der Waals surface area contributed by atoms with E-state index >= 15 is 0 Å². The first-order valence-corrected chi connectivity index (χ1v) is 9.99. The topological polar surface area (TPSA) is 131 Å². The van der Waals surface area contributed by atoms with Gasteiger partial charge in [0.1, 0.15) is 17.8 Å². The molecule has 4 rings (SSSR count). The van der Waals surface area contributed by atoms with Crippen molar-refractivity contribution < 1.29 is 24.0 Å². The highest BCUT2D eigenvalue weighted by molar-refractivity contribution is 6.11. The van der Waals surface area contributed by atoms with Gasteiger partial charge >= 0.3 is 6.03 Å². The number of rotatable bonds is 6. The van der Waals surface area contributed by atoms with Crippen LogP contribution in [-0.2, 0) is 15.1 Å². The molecule has 1 heterocycles. The molecule has 10 heteroatoms. The molecule has 0 radical (unpaired) electrons. The van der Waals surface area contributed by atoms with Crippen molar-refractivity contribution in [2.75, 3.05) is 19.0 Å². The predicted octanol–water partition coefficient (Wildman–Crippen LogP) is 3.16. The summed E-state index contributed by atoms with van der Waals surface area (Å²) in [4.78, 5) is 49.9. The maximum Gasteiger partial charge on any atom is 0.325 e. The number of anilines is 1. The number of fused-ring (bicyclic) bond motifs is 1. The Morgan fingerprint density at radius 1 is 1.15 bits per heavy atom. The fourth-order valence-corrected chi connectivity index (χ4v) is 3.93. The summed E-state index contributed by atoms with van der Waals surface area (Å²) in [5.74, 6) is -1.09. The predicted molar refractivity (Wildman–Crippen MR) is 120 cm³/mol. The summed E-state index contributed by atoms with van der Waals surface area (Å²) >= 11 is 0. The fraction of sp³-hybridized carbons (Fsp3) is 0.174. The van der Waals surface area contributed by atoms with Gasteiger partial charge in [0.15, 0.2) is 0 Å². The second-order valence-corrected chi connectivity index (χ2v) is 7.66. The minimum atomic E-state index is -1.36. The molecule has 0 saturated carbocycles. The molecule has 0 aliphatic carbocycles. The number of carbonyl (C=O) groups excluding carboxylic acids is 3. The molecule has 4 amide bonds. The lowest BCUT2D eigenvalue weighted by atomic mass is 9.88. The van der Waals surface area contributed by atoms with Gasteiger partial charge in [0, 0.05) is 12.1 Å². The van der Waals surface area contributed by atoms with Gasteiger partial charge < -0.3 is 15.4 Å². The van der Waals surface area contributed by atoms with Crippen LogP contribution in [0.25, 0.3) is 10.8 Å². The number of amides is 4. The Morgan fingerprint density at radius 3 is 2.61 bits per heavy atom. The Kier molecular flexibility index (Phi) is 5.42. The summed E-state index contributed by atoms with van der Waals surface area (Å²) in [5, 5.41) is 17.9. The summed E-state index contributed by atoms with van der Waals surface area (Å²) in [5.41, 5.74) is -0.936. The number of nitrogens with one attached hydrogen (secondary N) is 2. The summed E-state index contributed by atoms with van der Waals surface area (Å²) < 4.78 is 5.13. The van der Waals surface area contributed by atoms with Gasteiger partial charge in [0.05, 0.1) is 17.7 Å². The summed E-state index contributed by atoms with van der Waals surface area (Å²) in [6.45, 7) is 1.02. The molecule has 0 bridgehead atoms. The molecule has 1 fully saturated rings. The molecule has 3 aromatic carbocycles. The summed E-state index contributed by atoms with van der Waals surface area (Å²) in [7, 11) is 1.35. The number of methoxy groups -OCH3 is 1. The Bertz CT molecular complexity index is 1300. The molecular formula is C23H20N4O6. The molecule has 0 aromatic heterocycles. The van der Waals surface area contributed by atoms with Crippen molar-refractivity contribution in [2.24, 2.45) is 0 Å². The van der Waals surface area contributed by atoms with E-state index in [1.807, 2.05) is 30.3 Å². The summed E-state index contributed by atoms with van der Waals surface area (Å²) in [6.07, 6.45) is 0. The Balaban J connectivity index is 1.58. The third kappa shape index (κ3) is 3.82. The average molecular weight is 448 g/mol. The van der Waals surface area contributed by atoms with Crippen LogP contribution < -0.4 is 15.4 Å². The number of nitro benzene ring substituents is 1. The van der Waals surface area contributed by atoms with E-state index in [2.05, 4.69) is 10.6 Å². The number of non-ortho nitro benzene ring substituents is 1. The first-order valence-electron chi connectivity index (χ1n) is 9.99. The molecule has 10 nitrogen and oxygen atoms in total. The Morgan fingerprint density at radius 2 is 1.88 bits per heavy atom. The SMILES string of the molecule is COc1ccc([N+](=O)[O-])cc1NC(=O)CN1C(=O)N[C@](C)(c2cccc3ccccc23)C1=O. The van der Waals surface area contributed by atoms with Gasteiger partial charge in [-0.2, -0.15) is 0 Å². The highest BCUT2D eigenvalue weighted by atomic mass is 16.6. The number of nitro groups is 1. The number of hydrogen-bond donors (Lipinski definition) is 2. The highest BCUT2D eigenvalue weighted by Crippen LogP contribution is 2.34. The lowest BCUT2D eigenvalue weighted by Gasteiger charge is -2.24. The number of urea groups is 1. The zero-order valence-electron chi connectivity index (χ0n) is 17.8. The van der Waals surface area contributed by atoms with Crippen molar-refractivity contribution in [1.82, 2.24) is 10.2 Å². The van der Waals surface area contributed by atoms with Crippen LogP contribution in [0.3, 0.4) is 0 Å². The van der Waals surface area contributed by atoms with Gasteiger partial charge in [-0.25, -0.2) is 4.79 Å². The van der Waals surface area contributed by atoms with E-state index in [-0.39, 0.29) is 17.1 Å². The third-order valence-corrected chi connectivity index (χ3v) is 5.57. The zero-order chi connectivity index (χ0) is 23.8. The second kappa shape index (κ2) is 8.23. The quantitative estimate of drug-likeness (QED) is 0.338. The number of nitrogens with zero attached hydrogens (tertiary/aromatic N) is 2. The van der Waals surface area contributed by atoms with Crippen molar-refractivity contribution in [2.45, 2.75) is 12.5 Å². The van der Waals surface area contributed by atoms with Crippen LogP contribution in [0.2, 0.25) is 0 Å². The minimum Gasteiger partial charge on any atom is -0.495 e. The second-order valence-electron chi connectivity index (χ2n) is 7.66. The fourth-order valence-electron chi connectivity index (χ4n) is 3.93. The van der Waals surface area contributed by atoms with Crippen molar-refractivity contribution in [3.05, 3.63) is 76.3 Å². The van der Waals surface area contributed by atoms with Gasteiger partial charge in [-0.15, -0.1) is 0 Å². The van der Waals surface area contributed by atoms with Crippen molar-refractivity contribution in [1.29, 1.82) is 0 Å². The minimum absolute atomic E-state index is 0.0561. The lowest BCUT2D eigenvalue weighted by Crippen LogP contribution is -2.42. The standard InChI is InChI=1S/C23H20N4O6/c1-23(17-9-5-7-14-6-3-4-8-16(14)17)21(29)26(22(30)25-23)13-20(28)24-18-12-15(27(31)32)10-11-19(18)33-2/h3-12H,13H2,1-2H3,(H,24,28)(H,25,30)/t23-/m1/s1. The third-order valence-electron chi connectivity index (χ3n) is 5.57. The van der Waals surface area contributed by atoms with Crippen LogP contribution >= 0.6 is 0 Å². The van der Waals surface area contributed by atoms with E-state index in [1.165, 1.54) is 19.2 Å². The molecule has 1 atom stereocenters. The molecule has 168 valence electrons. The van der Waals surface area contributed by atoms with Crippen LogP contribution in [0, 0.1) is 10.1 Å². The van der Waals surface area contributed by atoms with Crippen LogP contribution in [0.4, 0.5) is 16.2 Å². The smallest absolute Gasteiger partial charge is 0.325 e. The van der Waals surface area contributed by atoms with Gasteiger partial charge in [-0.1, -0.05) is 42.5 Å². The van der Waals surface area contributed by atoms with Crippen molar-refractivity contribution in [3.8, 4) is 5.75 Å². The first kappa shape index (κ1) is 21.8. The van der Waals surface area contributed by atoms with Gasteiger partial charge in [0.2, 0.25) is 5.91 Å². The van der Waals surface area contributed by atoms with Crippen LogP contribution in [0.5, 0.6) is 5.75 Å². The molecule has 1 saturated heterocycles. The molecule has 2 N–H and O–H groups in total. The highest BCUT2D eigenvalue weighted by Gasteiger charge is 2.50. The molecule has 0 unspecified atom stereocenters. The van der Waals surface area contributed by atoms with Crippen LogP contribution in [0.15, 0.2) is 60.7 Å². The first-order chi connectivity index (χ1) is 15.7. The maximum atomic E-state index is 13.3. The molecular weight excluding hydrogens is 428 g/mol. The normalized spacial score (nSPS) is 17.7. The number of ether oxygens (including phenoxy) is 1. The van der Waals surface area contributed by atoms with E-state index < -0.39 is 34.9 Å². The molecule has 1 aliphatic heterocycles. The van der Waals surface area contributed by atoms with Crippen molar-refractivity contribution in [3.63, 3.8) is 0 Å². The van der Waals surface area contributed by atoms with Gasteiger partial charge in [0.25, 0.3) is 11.6 Å². The van der Waals surface area contributed by atoms with Crippen LogP contribution in [0.1, 0.15) is 12.5 Å². The van der Waals surface area contributed by atoms with Crippen LogP contribution in [-0.4, -0.2) is 41.3 Å². The average Bonchev–Trinajstić information content (AvgIpc) is 3.02. The van der Waals surface area contributed by atoms with E-state index in [9.17, 15) is 24.5 Å². The molecule has 33 heavy (non-hydrogen) atoms. The number of benzene rings is 3.